The van der Waals surface area contributed by atoms with E-state index in [0.29, 0.717) is 31.6 Å². The first kappa shape index (κ1) is 15.3. The van der Waals surface area contributed by atoms with Crippen LogP contribution in [0.4, 0.5) is 9.18 Å². The molecule has 0 aliphatic carbocycles. The molecule has 122 valence electrons. The van der Waals surface area contributed by atoms with Crippen molar-refractivity contribution in [2.75, 3.05) is 6.54 Å². The Morgan fingerprint density at radius 1 is 1.43 bits per heavy atom. The van der Waals surface area contributed by atoms with Gasteiger partial charge in [0.05, 0.1) is 0 Å². The summed E-state index contributed by atoms with van der Waals surface area (Å²) < 4.78 is 18.5. The Kier molecular flexibility index (Phi) is 4.18. The number of aromatic nitrogens is 1. The quantitative estimate of drug-likeness (QED) is 0.910. The summed E-state index contributed by atoms with van der Waals surface area (Å²) in [5, 5.41) is 11.6. The number of amides is 1. The smallest absolute Gasteiger partial charge is 0.407 e. The third-order valence-electron chi connectivity index (χ3n) is 4.27. The van der Waals surface area contributed by atoms with E-state index in [-0.39, 0.29) is 23.3 Å². The highest BCUT2D eigenvalue weighted by atomic mass is 19.1. The number of carboxylic acid groups (broad SMARTS) is 1. The molecule has 0 radical (unpaired) electrons. The third-order valence-corrected chi connectivity index (χ3v) is 4.27. The fourth-order valence-corrected chi connectivity index (χ4v) is 3.19. The van der Waals surface area contributed by atoms with Gasteiger partial charge in [0.25, 0.3) is 5.56 Å². The molecule has 6 nitrogen and oxygen atoms in total. The zero-order valence-electron chi connectivity index (χ0n) is 12.4. The highest BCUT2D eigenvalue weighted by Gasteiger charge is 2.33. The molecule has 1 fully saturated rings. The van der Waals surface area contributed by atoms with Crippen LogP contribution in [-0.2, 0) is 6.42 Å². The van der Waals surface area contributed by atoms with Crippen LogP contribution in [0.25, 0.3) is 0 Å². The summed E-state index contributed by atoms with van der Waals surface area (Å²) in [5.74, 6) is 0.181. The lowest BCUT2D eigenvalue weighted by atomic mass is 9.86. The summed E-state index contributed by atoms with van der Waals surface area (Å²) >= 11 is 0. The minimum absolute atomic E-state index is 0.0249. The fraction of sp³-hybridized carbons (Fsp3) is 0.375. The molecule has 2 N–H and O–H groups in total. The van der Waals surface area contributed by atoms with E-state index in [1.165, 1.54) is 23.1 Å². The molecule has 3 rings (SSSR count). The van der Waals surface area contributed by atoms with E-state index >= 15 is 0 Å². The maximum atomic E-state index is 13.3. The van der Waals surface area contributed by atoms with Gasteiger partial charge < -0.3 is 14.5 Å². The van der Waals surface area contributed by atoms with Crippen LogP contribution in [0.2, 0.25) is 0 Å². The first-order valence-corrected chi connectivity index (χ1v) is 7.45. The second-order valence-electron chi connectivity index (χ2n) is 5.80. The molecule has 7 heteroatoms. The van der Waals surface area contributed by atoms with Crippen molar-refractivity contribution in [1.82, 2.24) is 10.1 Å². The van der Waals surface area contributed by atoms with Gasteiger partial charge in [0.15, 0.2) is 0 Å². The van der Waals surface area contributed by atoms with Crippen LogP contribution in [0.3, 0.4) is 0 Å². The second kappa shape index (κ2) is 6.28. The average Bonchev–Trinajstić information content (AvgIpc) is 2.93. The number of benzene rings is 1. The first-order chi connectivity index (χ1) is 11.0. The molecule has 1 aromatic carbocycles. The predicted octanol–water partition coefficient (Wildman–Crippen LogP) is 2.58. The van der Waals surface area contributed by atoms with Crippen molar-refractivity contribution in [2.24, 2.45) is 0 Å². The number of hydrogen-bond donors (Lipinski definition) is 2. The van der Waals surface area contributed by atoms with Crippen LogP contribution in [-0.4, -0.2) is 33.8 Å². The highest BCUT2D eigenvalue weighted by Crippen LogP contribution is 2.32. The molecule has 2 atom stereocenters. The lowest BCUT2D eigenvalue weighted by Gasteiger charge is -2.37. The van der Waals surface area contributed by atoms with Crippen molar-refractivity contribution in [1.29, 1.82) is 0 Å². The molecule has 0 spiro atoms. The normalized spacial score (nSPS) is 21.3. The zero-order valence-corrected chi connectivity index (χ0v) is 12.4. The van der Waals surface area contributed by atoms with Crippen LogP contribution >= 0.6 is 0 Å². The summed E-state index contributed by atoms with van der Waals surface area (Å²) in [7, 11) is 0. The van der Waals surface area contributed by atoms with Gasteiger partial charge in [-0.1, -0.05) is 12.1 Å². The van der Waals surface area contributed by atoms with E-state index in [1.807, 2.05) is 0 Å². The number of piperidine rings is 1. The summed E-state index contributed by atoms with van der Waals surface area (Å²) in [5.41, 5.74) is 0.444. The fourth-order valence-electron chi connectivity index (χ4n) is 3.19. The van der Waals surface area contributed by atoms with Crippen molar-refractivity contribution in [3.63, 3.8) is 0 Å². The van der Waals surface area contributed by atoms with Crippen molar-refractivity contribution in [3.05, 3.63) is 57.8 Å². The largest absolute Gasteiger partial charge is 0.465 e. The van der Waals surface area contributed by atoms with Gasteiger partial charge in [0.1, 0.15) is 11.6 Å². The van der Waals surface area contributed by atoms with Gasteiger partial charge in [0, 0.05) is 24.6 Å². The Morgan fingerprint density at radius 3 is 2.91 bits per heavy atom. The molecular formula is C16H17FN2O4. The monoisotopic (exact) mass is 320 g/mol. The molecule has 1 aliphatic heterocycles. The van der Waals surface area contributed by atoms with E-state index in [0.717, 1.165) is 5.56 Å². The van der Waals surface area contributed by atoms with Gasteiger partial charge in [-0.25, -0.2) is 9.18 Å². The summed E-state index contributed by atoms with van der Waals surface area (Å²) in [6, 6.07) is 7.29. The van der Waals surface area contributed by atoms with E-state index in [9.17, 15) is 19.1 Å². The minimum atomic E-state index is -0.986. The number of hydrogen-bond acceptors (Lipinski definition) is 3. The first-order valence-electron chi connectivity index (χ1n) is 7.45. The molecule has 2 aromatic rings. The molecule has 23 heavy (non-hydrogen) atoms. The van der Waals surface area contributed by atoms with E-state index in [4.69, 9.17) is 4.52 Å². The Bertz CT molecular complexity index is 754. The predicted molar refractivity (Wildman–Crippen MR) is 79.9 cm³/mol. The summed E-state index contributed by atoms with van der Waals surface area (Å²) in [4.78, 5) is 24.0. The van der Waals surface area contributed by atoms with Gasteiger partial charge >= 0.3 is 6.09 Å². The lowest BCUT2D eigenvalue weighted by Crippen LogP contribution is -2.46. The van der Waals surface area contributed by atoms with Crippen molar-refractivity contribution in [3.8, 4) is 0 Å². The summed E-state index contributed by atoms with van der Waals surface area (Å²) in [6.45, 7) is 0.356. The van der Waals surface area contributed by atoms with Crippen LogP contribution in [0.5, 0.6) is 0 Å². The Morgan fingerprint density at radius 2 is 2.26 bits per heavy atom. The molecular weight excluding hydrogens is 303 g/mol. The van der Waals surface area contributed by atoms with Crippen molar-refractivity contribution < 1.29 is 18.8 Å². The number of carbonyl (C=O) groups is 1. The molecule has 1 amide bonds. The third kappa shape index (κ3) is 3.44. The van der Waals surface area contributed by atoms with Crippen LogP contribution in [0.1, 0.15) is 30.1 Å². The van der Waals surface area contributed by atoms with Crippen molar-refractivity contribution >= 4 is 6.09 Å². The standard InChI is InChI=1S/C16H17FN2O4/c17-12-3-1-2-10(6-12)7-13-8-11(4-5-19(13)16(21)22)14-9-15(20)18-23-14/h1-3,6,9,11,13H,4-5,7-8H2,(H,18,20)(H,21,22)/t11-,13-/m0/s1. The average molecular weight is 320 g/mol. The molecule has 1 aliphatic rings. The minimum Gasteiger partial charge on any atom is -0.465 e. The highest BCUT2D eigenvalue weighted by molar-refractivity contribution is 5.65. The summed E-state index contributed by atoms with van der Waals surface area (Å²) in [6.07, 6.45) is 0.561. The number of aromatic amines is 1. The van der Waals surface area contributed by atoms with E-state index in [2.05, 4.69) is 5.16 Å². The number of nitrogens with zero attached hydrogens (tertiary/aromatic N) is 1. The lowest BCUT2D eigenvalue weighted by molar-refractivity contribution is 0.0968. The second-order valence-corrected chi connectivity index (χ2v) is 5.80. The van der Waals surface area contributed by atoms with Gasteiger partial charge in [-0.3, -0.25) is 4.79 Å². The number of nitrogens with one attached hydrogen (secondary N) is 1. The SMILES string of the molecule is O=C(O)N1CC[C@H](c2cc(=O)[nH]o2)C[C@@H]1Cc1cccc(F)c1. The van der Waals surface area contributed by atoms with Gasteiger partial charge in [-0.05, 0) is 37.0 Å². The number of H-pyrrole nitrogens is 1. The molecule has 0 bridgehead atoms. The van der Waals surface area contributed by atoms with E-state index < -0.39 is 6.09 Å². The van der Waals surface area contributed by atoms with Crippen LogP contribution in [0, 0.1) is 5.82 Å². The van der Waals surface area contributed by atoms with Crippen LogP contribution < -0.4 is 5.56 Å². The number of halogens is 1. The number of rotatable bonds is 3. The maximum absolute atomic E-state index is 13.3. The maximum Gasteiger partial charge on any atom is 0.407 e. The molecule has 2 heterocycles. The topological polar surface area (TPSA) is 86.5 Å². The molecule has 1 aromatic heterocycles. The van der Waals surface area contributed by atoms with Gasteiger partial charge in [0.2, 0.25) is 0 Å². The Labute approximate surface area is 131 Å². The molecule has 1 saturated heterocycles. The number of likely N-dealkylation sites (tertiary alicyclic amines) is 1. The Hall–Kier alpha value is -2.57. The van der Waals surface area contributed by atoms with Crippen molar-refractivity contribution in [2.45, 2.75) is 31.2 Å². The van der Waals surface area contributed by atoms with Gasteiger partial charge in [-0.15, -0.1) is 0 Å². The molecule has 0 unspecified atom stereocenters. The van der Waals surface area contributed by atoms with E-state index in [1.54, 1.807) is 12.1 Å². The van der Waals surface area contributed by atoms with Crippen LogP contribution in [0.15, 0.2) is 39.6 Å². The van der Waals surface area contributed by atoms with Gasteiger partial charge in [-0.2, -0.15) is 5.16 Å². The zero-order chi connectivity index (χ0) is 16.4. The Balaban J connectivity index is 1.80. The molecule has 0 saturated carbocycles.